The Morgan fingerprint density at radius 1 is 0.559 bits per heavy atom. The van der Waals surface area contributed by atoms with Gasteiger partial charge in [0.15, 0.2) is 0 Å². The van der Waals surface area contributed by atoms with Gasteiger partial charge in [-0.1, -0.05) is 24.3 Å². The lowest BCUT2D eigenvalue weighted by atomic mass is 10.2. The number of rotatable bonds is 11. The maximum Gasteiger partial charge on any atom is 0.390 e. The Morgan fingerprint density at radius 3 is 1.32 bits per heavy atom. The van der Waals surface area contributed by atoms with Crippen LogP contribution in [0.3, 0.4) is 0 Å². The lowest BCUT2D eigenvalue weighted by Gasteiger charge is -2.11. The molecule has 0 unspecified atom stereocenters. The summed E-state index contributed by atoms with van der Waals surface area (Å²) in [5.74, 6) is -2.44. The quantitative estimate of drug-likeness (QED) is 0.268. The highest BCUT2D eigenvalue weighted by Gasteiger charge is 2.17. The largest absolute Gasteiger partial charge is 0.493 e. The van der Waals surface area contributed by atoms with Gasteiger partial charge in [0.1, 0.15) is 22.6 Å². The monoisotopic (exact) mass is 474 g/mol. The van der Waals surface area contributed by atoms with Crippen molar-refractivity contribution in [2.24, 2.45) is 0 Å². The third kappa shape index (κ3) is 9.19. The van der Waals surface area contributed by atoms with E-state index in [9.17, 15) is 19.2 Å². The van der Waals surface area contributed by atoms with Gasteiger partial charge in [-0.3, -0.25) is 0 Å². The van der Waals surface area contributed by atoms with Crippen LogP contribution in [0.2, 0.25) is 0 Å². The summed E-state index contributed by atoms with van der Waals surface area (Å²) in [4.78, 5) is 63.0. The molecule has 0 bridgehead atoms. The van der Waals surface area contributed by atoms with E-state index in [0.29, 0.717) is 24.7 Å². The molecule has 0 spiro atoms. The minimum absolute atomic E-state index is 0.156. The highest BCUT2D eigenvalue weighted by molar-refractivity contribution is 5.93. The van der Waals surface area contributed by atoms with E-state index in [2.05, 4.69) is 19.6 Å². The van der Waals surface area contributed by atoms with E-state index in [1.165, 1.54) is 12.1 Å². The second-order valence-corrected chi connectivity index (χ2v) is 6.99. The van der Waals surface area contributed by atoms with Crippen LogP contribution in [-0.4, -0.2) is 37.1 Å². The summed E-state index contributed by atoms with van der Waals surface area (Å²) in [7, 11) is 0. The van der Waals surface area contributed by atoms with Crippen LogP contribution in [0.25, 0.3) is 0 Å². The lowest BCUT2D eigenvalue weighted by Crippen LogP contribution is -2.11. The molecule has 0 fully saturated rings. The van der Waals surface area contributed by atoms with Gasteiger partial charge >= 0.3 is 23.9 Å². The molecule has 0 aromatic heterocycles. The molecule has 0 saturated heterocycles. The molecule has 0 saturated carbocycles. The van der Waals surface area contributed by atoms with Gasteiger partial charge in [-0.2, -0.15) is 0 Å². The summed E-state index contributed by atoms with van der Waals surface area (Å²) < 4.78 is 11.3. The van der Waals surface area contributed by atoms with Crippen molar-refractivity contribution in [3.63, 3.8) is 0 Å². The average molecular weight is 474 g/mol. The molecule has 2 rings (SSSR count). The van der Waals surface area contributed by atoms with Gasteiger partial charge < -0.3 is 9.47 Å². The van der Waals surface area contributed by atoms with E-state index in [-0.39, 0.29) is 11.1 Å². The van der Waals surface area contributed by atoms with Crippen molar-refractivity contribution in [2.75, 3.05) is 13.2 Å². The lowest BCUT2D eigenvalue weighted by molar-refractivity contribution is -0.231. The highest BCUT2D eigenvalue weighted by Crippen LogP contribution is 2.21. The van der Waals surface area contributed by atoms with Crippen molar-refractivity contribution in [3.05, 3.63) is 59.7 Å². The van der Waals surface area contributed by atoms with Crippen molar-refractivity contribution < 1.29 is 48.2 Å². The number of unbranched alkanes of at least 4 members (excludes halogenated alkanes) is 3. The predicted molar refractivity (Wildman–Crippen MR) is 117 cm³/mol. The first-order valence-electron chi connectivity index (χ1n) is 10.6. The topological polar surface area (TPSA) is 124 Å². The highest BCUT2D eigenvalue weighted by atomic mass is 17.2. The number of para-hydroxylation sites is 2. The zero-order valence-corrected chi connectivity index (χ0v) is 18.9. The zero-order chi connectivity index (χ0) is 24.8. The molecule has 0 heterocycles. The molecule has 10 heteroatoms. The van der Waals surface area contributed by atoms with E-state index in [1.807, 2.05) is 0 Å². The fraction of sp³-hybridized carbons (Fsp3) is 0.333. The Balaban J connectivity index is 1.68. The van der Waals surface area contributed by atoms with Crippen LogP contribution in [-0.2, 0) is 29.1 Å². The standard InChI is InChI=1S/C24H26O10/c1-17(25)31-33-23(27)19-11-5-7-13-21(19)29-15-9-3-4-10-16-30-22-14-8-6-12-20(22)24(28)34-32-18(2)26/h5-8,11-14H,3-4,9-10,15-16H2,1-2H3. The molecule has 0 radical (unpaired) electrons. The van der Waals surface area contributed by atoms with Crippen LogP contribution in [0.15, 0.2) is 48.5 Å². The van der Waals surface area contributed by atoms with Crippen molar-refractivity contribution in [1.82, 2.24) is 0 Å². The van der Waals surface area contributed by atoms with Crippen LogP contribution >= 0.6 is 0 Å². The third-order valence-electron chi connectivity index (χ3n) is 4.24. The second kappa shape index (κ2) is 14.1. The maximum atomic E-state index is 12.0. The van der Waals surface area contributed by atoms with Crippen molar-refractivity contribution in [1.29, 1.82) is 0 Å². The summed E-state index contributed by atoms with van der Waals surface area (Å²) in [5.41, 5.74) is 0.311. The molecule has 0 aliphatic rings. The molecule has 2 aromatic carbocycles. The molecular formula is C24H26O10. The number of benzene rings is 2. The number of carbonyl (C=O) groups is 4. The van der Waals surface area contributed by atoms with Gasteiger partial charge in [-0.25, -0.2) is 38.7 Å². The molecule has 0 aliphatic heterocycles. The minimum atomic E-state index is -0.819. The molecule has 0 N–H and O–H groups in total. The van der Waals surface area contributed by atoms with Gasteiger partial charge in [0, 0.05) is 13.8 Å². The third-order valence-corrected chi connectivity index (χ3v) is 4.24. The Kier molecular flexibility index (Phi) is 10.9. The first kappa shape index (κ1) is 26.2. The van der Waals surface area contributed by atoms with Gasteiger partial charge in [0.2, 0.25) is 0 Å². The average Bonchev–Trinajstić information content (AvgIpc) is 2.83. The summed E-state index contributed by atoms with van der Waals surface area (Å²) in [6.45, 7) is 3.01. The van der Waals surface area contributed by atoms with Crippen LogP contribution in [0.5, 0.6) is 11.5 Å². The Morgan fingerprint density at radius 2 is 0.941 bits per heavy atom. The van der Waals surface area contributed by atoms with Crippen LogP contribution in [0, 0.1) is 0 Å². The molecule has 10 nitrogen and oxygen atoms in total. The van der Waals surface area contributed by atoms with Gasteiger partial charge in [-0.05, 0) is 49.9 Å². The summed E-state index contributed by atoms with van der Waals surface area (Å²) in [5, 5.41) is 0. The fourth-order valence-corrected chi connectivity index (χ4v) is 2.73. The molecule has 34 heavy (non-hydrogen) atoms. The Hall–Kier alpha value is -4.08. The van der Waals surface area contributed by atoms with Gasteiger partial charge in [-0.15, -0.1) is 0 Å². The zero-order valence-electron chi connectivity index (χ0n) is 18.9. The first-order valence-corrected chi connectivity index (χ1v) is 10.6. The number of carbonyl (C=O) groups excluding carboxylic acids is 4. The fourth-order valence-electron chi connectivity index (χ4n) is 2.73. The SMILES string of the molecule is CC(=O)OOC(=O)c1ccccc1OCCCCCCOc1ccccc1C(=O)OOC(C)=O. The molecule has 0 amide bonds. The van der Waals surface area contributed by atoms with Crippen LogP contribution in [0.1, 0.15) is 60.2 Å². The Bertz CT molecular complexity index is 906. The molecule has 0 atom stereocenters. The van der Waals surface area contributed by atoms with E-state index < -0.39 is 23.9 Å². The normalized spacial score (nSPS) is 10.1. The predicted octanol–water partition coefficient (Wildman–Crippen LogP) is 3.97. The van der Waals surface area contributed by atoms with Gasteiger partial charge in [0.05, 0.1) is 13.2 Å². The molecular weight excluding hydrogens is 448 g/mol. The molecule has 182 valence electrons. The Labute approximate surface area is 196 Å². The van der Waals surface area contributed by atoms with E-state index >= 15 is 0 Å². The number of ether oxygens (including phenoxy) is 2. The van der Waals surface area contributed by atoms with E-state index in [4.69, 9.17) is 9.47 Å². The maximum absolute atomic E-state index is 12.0. The first-order chi connectivity index (χ1) is 16.4. The van der Waals surface area contributed by atoms with E-state index in [0.717, 1.165) is 39.5 Å². The van der Waals surface area contributed by atoms with Gasteiger partial charge in [0.25, 0.3) is 0 Å². The second-order valence-electron chi connectivity index (χ2n) is 6.99. The van der Waals surface area contributed by atoms with Crippen LogP contribution < -0.4 is 9.47 Å². The minimum Gasteiger partial charge on any atom is -0.493 e. The molecule has 2 aromatic rings. The molecule has 0 aliphatic carbocycles. The summed E-state index contributed by atoms with van der Waals surface area (Å²) in [6, 6.07) is 13.0. The van der Waals surface area contributed by atoms with Crippen molar-refractivity contribution in [3.8, 4) is 11.5 Å². The van der Waals surface area contributed by atoms with Crippen LogP contribution in [0.4, 0.5) is 0 Å². The van der Waals surface area contributed by atoms with Crippen molar-refractivity contribution >= 4 is 23.9 Å². The number of hydrogen-bond donors (Lipinski definition) is 0. The van der Waals surface area contributed by atoms with Crippen molar-refractivity contribution in [2.45, 2.75) is 39.5 Å². The smallest absolute Gasteiger partial charge is 0.390 e. The van der Waals surface area contributed by atoms with E-state index in [1.54, 1.807) is 36.4 Å². The summed E-state index contributed by atoms with van der Waals surface area (Å²) >= 11 is 0. The number of hydrogen-bond acceptors (Lipinski definition) is 10. The summed E-state index contributed by atoms with van der Waals surface area (Å²) in [6.07, 6.45) is 3.16.